The summed E-state index contributed by atoms with van der Waals surface area (Å²) >= 11 is 0. The normalized spacial score (nSPS) is 24.1. The Morgan fingerprint density at radius 2 is 2.07 bits per heavy atom. The number of carbonyl (C=O) groups is 3. The summed E-state index contributed by atoms with van der Waals surface area (Å²) in [6, 6.07) is -0.769. The minimum atomic E-state index is -0.990. The van der Waals surface area contributed by atoms with Gasteiger partial charge in [0.05, 0.1) is 13.0 Å². The van der Waals surface area contributed by atoms with Gasteiger partial charge < -0.3 is 10.0 Å². The van der Waals surface area contributed by atoms with E-state index in [1.807, 2.05) is 0 Å². The Labute approximate surface area is 80.7 Å². The van der Waals surface area contributed by atoms with Crippen molar-refractivity contribution in [3.63, 3.8) is 0 Å². The van der Waals surface area contributed by atoms with Gasteiger partial charge in [0, 0.05) is 0 Å². The summed E-state index contributed by atoms with van der Waals surface area (Å²) in [5.74, 6) is -1.45. The van der Waals surface area contributed by atoms with Crippen LogP contribution in [0.2, 0.25) is 0 Å². The van der Waals surface area contributed by atoms with E-state index >= 15 is 0 Å². The fraction of sp³-hybridized carbons (Fsp3) is 0.667. The first kappa shape index (κ1) is 9.18. The molecule has 5 heteroatoms. The third-order valence-corrected chi connectivity index (χ3v) is 2.67. The molecule has 0 radical (unpaired) electrons. The monoisotopic (exact) mass is 197 g/mol. The van der Waals surface area contributed by atoms with Crippen LogP contribution >= 0.6 is 0 Å². The third-order valence-electron chi connectivity index (χ3n) is 2.67. The topological polar surface area (TPSA) is 74.7 Å². The zero-order valence-electron chi connectivity index (χ0n) is 7.60. The molecule has 1 N–H and O–H groups in total. The first-order valence-electron chi connectivity index (χ1n) is 4.63. The van der Waals surface area contributed by atoms with E-state index in [4.69, 9.17) is 5.11 Å². The highest BCUT2D eigenvalue weighted by molar-refractivity contribution is 6.06. The number of carboxylic acid groups (broad SMARTS) is 1. The average molecular weight is 197 g/mol. The van der Waals surface area contributed by atoms with Gasteiger partial charge in [-0.1, -0.05) is 0 Å². The maximum Gasteiger partial charge on any atom is 0.326 e. The Balaban J connectivity index is 2.14. The number of hydrogen-bond acceptors (Lipinski definition) is 3. The average Bonchev–Trinajstić information content (AvgIpc) is 2.81. The van der Waals surface area contributed by atoms with Gasteiger partial charge in [0.2, 0.25) is 5.91 Å². The number of likely N-dealkylation sites (tertiary alicyclic amines) is 1. The van der Waals surface area contributed by atoms with E-state index in [1.54, 1.807) is 0 Å². The molecule has 2 rings (SSSR count). The highest BCUT2D eigenvalue weighted by Gasteiger charge is 2.45. The van der Waals surface area contributed by atoms with E-state index in [1.165, 1.54) is 4.90 Å². The Hall–Kier alpha value is -1.39. The van der Waals surface area contributed by atoms with Crippen LogP contribution in [-0.2, 0) is 14.4 Å². The molecule has 14 heavy (non-hydrogen) atoms. The van der Waals surface area contributed by atoms with Crippen molar-refractivity contribution >= 4 is 17.7 Å². The van der Waals surface area contributed by atoms with Crippen molar-refractivity contribution in [2.45, 2.75) is 25.3 Å². The van der Waals surface area contributed by atoms with Gasteiger partial charge in [-0.3, -0.25) is 9.59 Å². The number of hydrogen-bond donors (Lipinski definition) is 1. The van der Waals surface area contributed by atoms with Crippen LogP contribution in [0, 0.1) is 5.92 Å². The SMILES string of the molecule is O=C1CC(=O)N(C(C(=O)O)C2CC2)C1. The molecule has 1 heterocycles. The smallest absolute Gasteiger partial charge is 0.326 e. The summed E-state index contributed by atoms with van der Waals surface area (Å²) in [5.41, 5.74) is 0. The van der Waals surface area contributed by atoms with Crippen molar-refractivity contribution in [2.24, 2.45) is 5.92 Å². The molecule has 2 aliphatic rings. The molecule has 5 nitrogen and oxygen atoms in total. The number of rotatable bonds is 3. The molecular weight excluding hydrogens is 186 g/mol. The molecule has 1 aliphatic heterocycles. The van der Waals surface area contributed by atoms with E-state index in [0.29, 0.717) is 0 Å². The van der Waals surface area contributed by atoms with Crippen molar-refractivity contribution in [2.75, 3.05) is 6.54 Å². The predicted molar refractivity (Wildman–Crippen MR) is 45.5 cm³/mol. The van der Waals surface area contributed by atoms with Gasteiger partial charge in [0.1, 0.15) is 6.04 Å². The molecule has 0 spiro atoms. The van der Waals surface area contributed by atoms with Gasteiger partial charge in [-0.05, 0) is 18.8 Å². The second-order valence-electron chi connectivity index (χ2n) is 3.86. The van der Waals surface area contributed by atoms with E-state index < -0.39 is 12.0 Å². The maximum absolute atomic E-state index is 11.3. The molecular formula is C9H11NO4. The first-order chi connectivity index (χ1) is 6.59. The Kier molecular flexibility index (Phi) is 2.02. The summed E-state index contributed by atoms with van der Waals surface area (Å²) < 4.78 is 0. The van der Waals surface area contributed by atoms with Crippen molar-refractivity contribution in [3.05, 3.63) is 0 Å². The van der Waals surface area contributed by atoms with Gasteiger partial charge in [0.15, 0.2) is 5.78 Å². The number of carbonyl (C=O) groups excluding carboxylic acids is 2. The molecule has 1 amide bonds. The minimum Gasteiger partial charge on any atom is -0.480 e. The highest BCUT2D eigenvalue weighted by Crippen LogP contribution is 2.36. The summed E-state index contributed by atoms with van der Waals surface area (Å²) in [6.45, 7) is -0.0215. The molecule has 0 aromatic rings. The van der Waals surface area contributed by atoms with Crippen molar-refractivity contribution in [3.8, 4) is 0 Å². The highest BCUT2D eigenvalue weighted by atomic mass is 16.4. The number of amides is 1. The molecule has 1 saturated carbocycles. The fourth-order valence-electron chi connectivity index (χ4n) is 1.86. The van der Waals surface area contributed by atoms with Gasteiger partial charge >= 0.3 is 5.97 Å². The predicted octanol–water partition coefficient (Wildman–Crippen LogP) is -0.349. The lowest BCUT2D eigenvalue weighted by atomic mass is 10.1. The van der Waals surface area contributed by atoms with Crippen LogP contribution < -0.4 is 0 Å². The lowest BCUT2D eigenvalue weighted by Crippen LogP contribution is -2.43. The molecule has 1 unspecified atom stereocenters. The zero-order chi connectivity index (χ0) is 10.3. The number of ketones is 1. The largest absolute Gasteiger partial charge is 0.480 e. The fourth-order valence-corrected chi connectivity index (χ4v) is 1.86. The van der Waals surface area contributed by atoms with Crippen molar-refractivity contribution in [1.29, 1.82) is 0 Å². The van der Waals surface area contributed by atoms with E-state index in [9.17, 15) is 14.4 Å². The molecule has 76 valence electrons. The van der Waals surface area contributed by atoms with Crippen molar-refractivity contribution in [1.82, 2.24) is 4.90 Å². The Morgan fingerprint density at radius 1 is 1.43 bits per heavy atom. The molecule has 0 aromatic heterocycles. The Bertz CT molecular complexity index is 308. The number of nitrogens with zero attached hydrogens (tertiary/aromatic N) is 1. The van der Waals surface area contributed by atoms with Gasteiger partial charge in [-0.2, -0.15) is 0 Å². The number of Topliss-reactive ketones (excluding diaryl/α,β-unsaturated/α-hetero) is 1. The Morgan fingerprint density at radius 3 is 2.43 bits per heavy atom. The lowest BCUT2D eigenvalue weighted by Gasteiger charge is -2.22. The van der Waals surface area contributed by atoms with Crippen molar-refractivity contribution < 1.29 is 19.5 Å². The first-order valence-corrected chi connectivity index (χ1v) is 4.63. The zero-order valence-corrected chi connectivity index (χ0v) is 7.60. The maximum atomic E-state index is 11.3. The van der Waals surface area contributed by atoms with Crippen LogP contribution in [0.25, 0.3) is 0 Å². The summed E-state index contributed by atoms with van der Waals surface area (Å²) in [6.07, 6.45) is 1.56. The summed E-state index contributed by atoms with van der Waals surface area (Å²) in [4.78, 5) is 34.4. The van der Waals surface area contributed by atoms with Crippen LogP contribution in [0.15, 0.2) is 0 Å². The van der Waals surface area contributed by atoms with Crippen LogP contribution in [0.1, 0.15) is 19.3 Å². The quantitative estimate of drug-likeness (QED) is 0.627. The molecule has 1 atom stereocenters. The van der Waals surface area contributed by atoms with Crippen LogP contribution in [0.4, 0.5) is 0 Å². The minimum absolute atomic E-state index is 0.0215. The molecule has 0 aromatic carbocycles. The molecule has 1 aliphatic carbocycles. The third kappa shape index (κ3) is 1.49. The second kappa shape index (κ2) is 3.08. The van der Waals surface area contributed by atoms with Crippen LogP contribution in [-0.4, -0.2) is 40.3 Å². The lowest BCUT2D eigenvalue weighted by molar-refractivity contribution is -0.149. The number of carboxylic acids is 1. The standard InChI is InChI=1S/C9H11NO4/c11-6-3-7(12)10(4-6)8(9(13)14)5-1-2-5/h5,8H,1-4H2,(H,13,14). The van der Waals surface area contributed by atoms with E-state index in [2.05, 4.69) is 0 Å². The van der Waals surface area contributed by atoms with Crippen LogP contribution in [0.3, 0.4) is 0 Å². The van der Waals surface area contributed by atoms with Gasteiger partial charge in [-0.25, -0.2) is 4.79 Å². The molecule has 2 fully saturated rings. The van der Waals surface area contributed by atoms with Gasteiger partial charge in [-0.15, -0.1) is 0 Å². The number of aliphatic carboxylic acids is 1. The summed E-state index contributed by atoms with van der Waals surface area (Å²) in [5, 5.41) is 8.94. The van der Waals surface area contributed by atoms with E-state index in [-0.39, 0.29) is 30.6 Å². The van der Waals surface area contributed by atoms with Gasteiger partial charge in [0.25, 0.3) is 0 Å². The molecule has 1 saturated heterocycles. The molecule has 0 bridgehead atoms. The van der Waals surface area contributed by atoms with Crippen LogP contribution in [0.5, 0.6) is 0 Å². The summed E-state index contributed by atoms with van der Waals surface area (Å²) in [7, 11) is 0. The second-order valence-corrected chi connectivity index (χ2v) is 3.86. The van der Waals surface area contributed by atoms with E-state index in [0.717, 1.165) is 12.8 Å².